The highest BCUT2D eigenvalue weighted by molar-refractivity contribution is 7.80. The largest absolute Gasteiger partial charge is 0.176 e. The van der Waals surface area contributed by atoms with E-state index in [1.807, 2.05) is 0 Å². The first-order valence-electron chi connectivity index (χ1n) is 3.16. The molecule has 0 aromatic heterocycles. The molecule has 0 aliphatic heterocycles. The summed E-state index contributed by atoms with van der Waals surface area (Å²) >= 11 is 16.1. The summed E-state index contributed by atoms with van der Waals surface area (Å²) in [5.41, 5.74) is 0. The van der Waals surface area contributed by atoms with Crippen molar-refractivity contribution in [3.8, 4) is 0 Å². The van der Waals surface area contributed by atoms with Crippen molar-refractivity contribution in [2.75, 3.05) is 0 Å². The van der Waals surface area contributed by atoms with E-state index in [0.717, 1.165) is 25.7 Å². The number of halogens is 2. The van der Waals surface area contributed by atoms with Crippen molar-refractivity contribution in [3.63, 3.8) is 0 Å². The van der Waals surface area contributed by atoms with Crippen LogP contribution in [-0.4, -0.2) is 9.58 Å². The quantitative estimate of drug-likeness (QED) is 0.435. The molecule has 0 aromatic rings. The molecule has 0 radical (unpaired) electrons. The molecule has 0 spiro atoms. The topological polar surface area (TPSA) is 0 Å². The van der Waals surface area contributed by atoms with Gasteiger partial charge >= 0.3 is 0 Å². The van der Waals surface area contributed by atoms with Crippen LogP contribution in [0.15, 0.2) is 0 Å². The van der Waals surface area contributed by atoms with Crippen LogP contribution in [0, 0.1) is 0 Å². The zero-order chi connectivity index (χ0) is 6.91. The SMILES string of the molecule is SC1CCC(Cl)(Cl)CC1. The summed E-state index contributed by atoms with van der Waals surface area (Å²) in [5.74, 6) is 0. The van der Waals surface area contributed by atoms with Gasteiger partial charge in [-0.15, -0.1) is 23.2 Å². The Morgan fingerprint density at radius 3 is 2.00 bits per heavy atom. The maximum Gasteiger partial charge on any atom is 0.118 e. The minimum absolute atomic E-state index is 0.445. The average molecular weight is 185 g/mol. The fraction of sp³-hybridized carbons (Fsp3) is 1.00. The number of hydrogen-bond acceptors (Lipinski definition) is 1. The predicted octanol–water partition coefficient (Wildman–Crippen LogP) is 3.03. The summed E-state index contributed by atoms with van der Waals surface area (Å²) in [6, 6.07) is 0. The van der Waals surface area contributed by atoms with E-state index >= 15 is 0 Å². The van der Waals surface area contributed by atoms with Crippen LogP contribution in [0.4, 0.5) is 0 Å². The lowest BCUT2D eigenvalue weighted by Crippen LogP contribution is -2.22. The van der Waals surface area contributed by atoms with Crippen molar-refractivity contribution in [1.82, 2.24) is 0 Å². The van der Waals surface area contributed by atoms with Gasteiger partial charge in [0.1, 0.15) is 4.33 Å². The van der Waals surface area contributed by atoms with Gasteiger partial charge in [0.2, 0.25) is 0 Å². The van der Waals surface area contributed by atoms with E-state index in [9.17, 15) is 0 Å². The van der Waals surface area contributed by atoms with Crippen LogP contribution < -0.4 is 0 Å². The Bertz CT molecular complexity index is 93.2. The van der Waals surface area contributed by atoms with Gasteiger partial charge in [0.25, 0.3) is 0 Å². The second kappa shape index (κ2) is 2.89. The molecule has 9 heavy (non-hydrogen) atoms. The summed E-state index contributed by atoms with van der Waals surface area (Å²) in [6.45, 7) is 0. The molecule has 1 aliphatic carbocycles. The molecule has 3 heteroatoms. The van der Waals surface area contributed by atoms with Crippen molar-refractivity contribution >= 4 is 35.8 Å². The van der Waals surface area contributed by atoms with E-state index in [0.29, 0.717) is 5.25 Å². The molecule has 0 aromatic carbocycles. The molecule has 0 nitrogen and oxygen atoms in total. The molecule has 54 valence electrons. The Hall–Kier alpha value is 0.930. The Kier molecular flexibility index (Phi) is 2.58. The Morgan fingerprint density at radius 1 is 1.22 bits per heavy atom. The van der Waals surface area contributed by atoms with E-state index in [1.165, 1.54) is 0 Å². The zero-order valence-corrected chi connectivity index (χ0v) is 7.52. The van der Waals surface area contributed by atoms with Gasteiger partial charge < -0.3 is 0 Å². The number of thiol groups is 1. The van der Waals surface area contributed by atoms with E-state index in [2.05, 4.69) is 12.6 Å². The van der Waals surface area contributed by atoms with Crippen LogP contribution in [0.5, 0.6) is 0 Å². The molecule has 1 rings (SSSR count). The molecule has 0 saturated heterocycles. The lowest BCUT2D eigenvalue weighted by Gasteiger charge is -2.27. The van der Waals surface area contributed by atoms with Crippen LogP contribution in [0.1, 0.15) is 25.7 Å². The summed E-state index contributed by atoms with van der Waals surface area (Å²) in [5, 5.41) is 0.524. The summed E-state index contributed by atoms with van der Waals surface area (Å²) in [4.78, 5) is 0. The fourth-order valence-corrected chi connectivity index (χ4v) is 1.72. The van der Waals surface area contributed by atoms with Gasteiger partial charge in [0.05, 0.1) is 0 Å². The van der Waals surface area contributed by atoms with Gasteiger partial charge in [-0.3, -0.25) is 0 Å². The molecule has 0 unspecified atom stereocenters. The van der Waals surface area contributed by atoms with Gasteiger partial charge in [-0.25, -0.2) is 0 Å². The summed E-state index contributed by atoms with van der Waals surface area (Å²) in [6.07, 6.45) is 3.89. The normalized spacial score (nSPS) is 28.3. The maximum atomic E-state index is 5.87. The van der Waals surface area contributed by atoms with Crippen LogP contribution in [0.3, 0.4) is 0 Å². The molecule has 0 N–H and O–H groups in total. The monoisotopic (exact) mass is 184 g/mol. The van der Waals surface area contributed by atoms with Gasteiger partial charge in [-0.05, 0) is 25.7 Å². The van der Waals surface area contributed by atoms with Gasteiger partial charge in [-0.1, -0.05) is 0 Å². The van der Waals surface area contributed by atoms with Crippen molar-refractivity contribution in [2.24, 2.45) is 0 Å². The highest BCUT2D eigenvalue weighted by Crippen LogP contribution is 2.38. The smallest absolute Gasteiger partial charge is 0.118 e. The van der Waals surface area contributed by atoms with Crippen molar-refractivity contribution < 1.29 is 0 Å². The molecule has 0 amide bonds. The number of hydrogen-bond donors (Lipinski definition) is 1. The first kappa shape index (κ1) is 8.03. The molecule has 0 heterocycles. The predicted molar refractivity (Wildman–Crippen MR) is 45.7 cm³/mol. The van der Waals surface area contributed by atoms with Crippen molar-refractivity contribution in [2.45, 2.75) is 35.3 Å². The highest BCUT2D eigenvalue weighted by Gasteiger charge is 2.29. The van der Waals surface area contributed by atoms with E-state index < -0.39 is 4.33 Å². The highest BCUT2D eigenvalue weighted by atomic mass is 35.5. The van der Waals surface area contributed by atoms with Crippen LogP contribution in [0.25, 0.3) is 0 Å². The van der Waals surface area contributed by atoms with E-state index in [4.69, 9.17) is 23.2 Å². The second-order valence-corrected chi connectivity index (χ2v) is 4.96. The average Bonchev–Trinajstić information content (AvgIpc) is 1.78. The summed E-state index contributed by atoms with van der Waals surface area (Å²) < 4.78 is -0.445. The minimum atomic E-state index is -0.445. The van der Waals surface area contributed by atoms with Crippen molar-refractivity contribution in [1.29, 1.82) is 0 Å². The van der Waals surface area contributed by atoms with E-state index in [1.54, 1.807) is 0 Å². The molecular formula is C6H10Cl2S. The Morgan fingerprint density at radius 2 is 1.67 bits per heavy atom. The van der Waals surface area contributed by atoms with Gasteiger partial charge in [0.15, 0.2) is 0 Å². The van der Waals surface area contributed by atoms with Crippen LogP contribution >= 0.6 is 35.8 Å². The Balaban J connectivity index is 2.35. The first-order valence-corrected chi connectivity index (χ1v) is 4.43. The molecular weight excluding hydrogens is 175 g/mol. The lowest BCUT2D eigenvalue weighted by atomic mass is 9.99. The third-order valence-electron chi connectivity index (χ3n) is 1.69. The first-order chi connectivity index (χ1) is 4.10. The molecule has 0 bridgehead atoms. The molecule has 1 aliphatic rings. The van der Waals surface area contributed by atoms with Crippen LogP contribution in [0.2, 0.25) is 0 Å². The molecule has 1 fully saturated rings. The third kappa shape index (κ3) is 2.57. The van der Waals surface area contributed by atoms with Gasteiger partial charge in [0, 0.05) is 5.25 Å². The number of rotatable bonds is 0. The maximum absolute atomic E-state index is 5.87. The third-order valence-corrected chi connectivity index (χ3v) is 2.96. The minimum Gasteiger partial charge on any atom is -0.176 e. The summed E-state index contributed by atoms with van der Waals surface area (Å²) in [7, 11) is 0. The zero-order valence-electron chi connectivity index (χ0n) is 5.11. The molecule has 1 saturated carbocycles. The second-order valence-electron chi connectivity index (χ2n) is 2.59. The molecule has 0 atom stereocenters. The van der Waals surface area contributed by atoms with Crippen molar-refractivity contribution in [3.05, 3.63) is 0 Å². The number of alkyl halides is 2. The van der Waals surface area contributed by atoms with E-state index in [-0.39, 0.29) is 0 Å². The van der Waals surface area contributed by atoms with Crippen LogP contribution in [-0.2, 0) is 0 Å². The fourth-order valence-electron chi connectivity index (χ4n) is 1.02. The van der Waals surface area contributed by atoms with Gasteiger partial charge in [-0.2, -0.15) is 12.6 Å². The lowest BCUT2D eigenvalue weighted by molar-refractivity contribution is 0.491. The standard InChI is InChI=1S/C6H10Cl2S/c7-6(8)3-1-5(9)2-4-6/h5,9H,1-4H2. The Labute approximate surface area is 71.3 Å².